The predicted octanol–water partition coefficient (Wildman–Crippen LogP) is 9.79. The number of nitrogens with one attached hydrogen (secondary N) is 1. The maximum atomic E-state index is 12.5. The zero-order valence-electron chi connectivity index (χ0n) is 30.8. The van der Waals surface area contributed by atoms with Crippen LogP contribution in [0, 0.1) is 0 Å². The molecule has 0 radical (unpaired) electrons. The number of unbranched alkanes of at least 4 members (excludes halogenated alkanes) is 21. The molecule has 276 valence electrons. The highest BCUT2D eigenvalue weighted by molar-refractivity contribution is 5.80. The van der Waals surface area contributed by atoms with Crippen LogP contribution in [0.3, 0.4) is 0 Å². The van der Waals surface area contributed by atoms with Crippen LogP contribution in [0.4, 0.5) is 0 Å². The van der Waals surface area contributed by atoms with E-state index in [-0.39, 0.29) is 0 Å². The molecule has 0 aromatic carbocycles. The number of carbonyl (C=O) groups excluding carboxylic acids is 1. The molecule has 6 heteroatoms. The smallest absolute Gasteiger partial charge is 0.249 e. The molecule has 0 aliphatic rings. The molecule has 0 aromatic rings. The Morgan fingerprint density at radius 1 is 0.532 bits per heavy atom. The van der Waals surface area contributed by atoms with Crippen LogP contribution in [0.15, 0.2) is 36.5 Å². The minimum Gasteiger partial charge on any atom is -0.394 e. The van der Waals surface area contributed by atoms with Crippen molar-refractivity contribution in [1.29, 1.82) is 0 Å². The van der Waals surface area contributed by atoms with Crippen molar-refractivity contribution in [2.24, 2.45) is 0 Å². The van der Waals surface area contributed by atoms with E-state index in [0.29, 0.717) is 12.8 Å². The van der Waals surface area contributed by atoms with Gasteiger partial charge in [-0.25, -0.2) is 0 Å². The zero-order valence-corrected chi connectivity index (χ0v) is 30.8. The van der Waals surface area contributed by atoms with Crippen LogP contribution in [-0.4, -0.2) is 57.3 Å². The number of rotatable bonds is 35. The van der Waals surface area contributed by atoms with Gasteiger partial charge in [-0.3, -0.25) is 4.79 Å². The summed E-state index contributed by atoms with van der Waals surface area (Å²) in [7, 11) is 0. The molecule has 0 saturated carbocycles. The second kappa shape index (κ2) is 35.8. The van der Waals surface area contributed by atoms with E-state index in [2.05, 4.69) is 55.6 Å². The van der Waals surface area contributed by atoms with E-state index in [1.165, 1.54) is 116 Å². The molecule has 0 aromatic heterocycles. The average Bonchev–Trinajstić information content (AvgIpc) is 3.07. The summed E-state index contributed by atoms with van der Waals surface area (Å²) in [5.74, 6) is -0.600. The van der Waals surface area contributed by atoms with Crippen molar-refractivity contribution in [2.45, 2.75) is 212 Å². The number of hydrogen-bond donors (Lipinski definition) is 5. The number of carbonyl (C=O) groups is 1. The van der Waals surface area contributed by atoms with Gasteiger partial charge in [-0.15, -0.1) is 0 Å². The van der Waals surface area contributed by atoms with Crippen molar-refractivity contribution in [3.8, 4) is 0 Å². The summed E-state index contributed by atoms with van der Waals surface area (Å²) in [4.78, 5) is 12.5. The number of aliphatic hydroxyl groups is 4. The van der Waals surface area contributed by atoms with Crippen LogP contribution in [0.1, 0.15) is 187 Å². The maximum absolute atomic E-state index is 12.5. The average molecular weight is 664 g/mol. The number of amides is 1. The van der Waals surface area contributed by atoms with E-state index >= 15 is 0 Å². The second-order valence-corrected chi connectivity index (χ2v) is 13.6. The van der Waals surface area contributed by atoms with Gasteiger partial charge in [0.25, 0.3) is 0 Å². The normalized spacial score (nSPS) is 14.8. The third kappa shape index (κ3) is 30.3. The standard InChI is InChI=1S/C41H77NO5/c1-3-5-7-9-11-13-15-17-18-19-20-21-23-25-27-29-31-33-35-39(45)41(47)42-37(36-43)40(46)38(44)34-32-30-28-26-24-22-16-14-12-10-8-6-4-2/h11,13,15,17,26,28,37-40,43-46H,3-10,12,14,16,18-25,27,29-36H2,1-2H3,(H,42,47)/b13-11-,17-15-,28-26+. The Morgan fingerprint density at radius 3 is 1.45 bits per heavy atom. The summed E-state index contributed by atoms with van der Waals surface area (Å²) in [5, 5.41) is 43.5. The molecule has 0 aliphatic heterocycles. The third-order valence-electron chi connectivity index (χ3n) is 9.10. The van der Waals surface area contributed by atoms with Crippen molar-refractivity contribution >= 4 is 5.91 Å². The summed E-state index contributed by atoms with van der Waals surface area (Å²) in [6.07, 6.45) is 40.2. The Kier molecular flexibility index (Phi) is 34.7. The van der Waals surface area contributed by atoms with Gasteiger partial charge in [0.05, 0.1) is 18.8 Å². The van der Waals surface area contributed by atoms with E-state index in [4.69, 9.17) is 0 Å². The lowest BCUT2D eigenvalue weighted by molar-refractivity contribution is -0.132. The van der Waals surface area contributed by atoms with Crippen molar-refractivity contribution in [2.75, 3.05) is 6.61 Å². The summed E-state index contributed by atoms with van der Waals surface area (Å²) < 4.78 is 0. The molecule has 5 N–H and O–H groups in total. The highest BCUT2D eigenvalue weighted by Gasteiger charge is 2.28. The minimum absolute atomic E-state index is 0.357. The van der Waals surface area contributed by atoms with Gasteiger partial charge in [-0.2, -0.15) is 0 Å². The molecular formula is C41H77NO5. The molecule has 0 aliphatic carbocycles. The molecule has 0 saturated heterocycles. The van der Waals surface area contributed by atoms with E-state index in [9.17, 15) is 25.2 Å². The molecule has 1 amide bonds. The first-order valence-corrected chi connectivity index (χ1v) is 19.9. The highest BCUT2D eigenvalue weighted by Crippen LogP contribution is 2.14. The van der Waals surface area contributed by atoms with Crippen molar-refractivity contribution in [1.82, 2.24) is 5.32 Å². The van der Waals surface area contributed by atoms with Gasteiger partial charge in [-0.05, 0) is 64.2 Å². The van der Waals surface area contributed by atoms with Crippen molar-refractivity contribution in [3.63, 3.8) is 0 Å². The molecule has 0 bridgehead atoms. The monoisotopic (exact) mass is 664 g/mol. The van der Waals surface area contributed by atoms with Gasteiger partial charge in [0, 0.05) is 0 Å². The minimum atomic E-state index is -1.28. The zero-order chi connectivity index (χ0) is 34.6. The lowest BCUT2D eigenvalue weighted by Gasteiger charge is -2.27. The Balaban J connectivity index is 3.83. The van der Waals surface area contributed by atoms with Crippen LogP contribution in [0.5, 0.6) is 0 Å². The van der Waals surface area contributed by atoms with Crippen LogP contribution in [0.25, 0.3) is 0 Å². The number of allylic oxidation sites excluding steroid dienone is 6. The van der Waals surface area contributed by atoms with Crippen LogP contribution < -0.4 is 5.32 Å². The molecule has 0 spiro atoms. The maximum Gasteiger partial charge on any atom is 0.249 e. The Morgan fingerprint density at radius 2 is 0.936 bits per heavy atom. The second-order valence-electron chi connectivity index (χ2n) is 13.6. The topological polar surface area (TPSA) is 110 Å². The molecule has 0 fully saturated rings. The predicted molar refractivity (Wildman–Crippen MR) is 200 cm³/mol. The quantitative estimate of drug-likeness (QED) is 0.0263. The Hall–Kier alpha value is -1.47. The van der Waals surface area contributed by atoms with E-state index in [1.807, 2.05) is 0 Å². The van der Waals surface area contributed by atoms with Gasteiger partial charge in [-0.1, -0.05) is 159 Å². The van der Waals surface area contributed by atoms with Gasteiger partial charge >= 0.3 is 0 Å². The number of aliphatic hydroxyl groups excluding tert-OH is 4. The fraction of sp³-hybridized carbons (Fsp3) is 0.829. The lowest BCUT2D eigenvalue weighted by Crippen LogP contribution is -2.53. The van der Waals surface area contributed by atoms with Crippen LogP contribution in [0.2, 0.25) is 0 Å². The molecule has 47 heavy (non-hydrogen) atoms. The van der Waals surface area contributed by atoms with Gasteiger partial charge in [0.1, 0.15) is 12.2 Å². The Bertz CT molecular complexity index is 752. The lowest BCUT2D eigenvalue weighted by atomic mass is 10.00. The first-order chi connectivity index (χ1) is 23.0. The summed E-state index contributed by atoms with van der Waals surface area (Å²) in [5.41, 5.74) is 0. The van der Waals surface area contributed by atoms with Crippen LogP contribution >= 0.6 is 0 Å². The summed E-state index contributed by atoms with van der Waals surface area (Å²) >= 11 is 0. The number of hydrogen-bond acceptors (Lipinski definition) is 5. The van der Waals surface area contributed by atoms with E-state index < -0.39 is 36.9 Å². The molecule has 4 atom stereocenters. The summed E-state index contributed by atoms with van der Waals surface area (Å²) in [6, 6.07) is -1.00. The molecular weight excluding hydrogens is 586 g/mol. The largest absolute Gasteiger partial charge is 0.394 e. The van der Waals surface area contributed by atoms with Crippen LogP contribution in [-0.2, 0) is 4.79 Å². The Labute approximate surface area is 290 Å². The fourth-order valence-corrected chi connectivity index (χ4v) is 5.86. The van der Waals surface area contributed by atoms with E-state index in [1.54, 1.807) is 0 Å². The SMILES string of the molecule is CCCCC/C=C\C=C/CCCCCCCCCCCC(O)C(=O)NC(CO)C(O)C(O)CCC/C=C/CCCCCCCCCC. The van der Waals surface area contributed by atoms with Gasteiger partial charge in [0.2, 0.25) is 5.91 Å². The van der Waals surface area contributed by atoms with E-state index in [0.717, 1.165) is 44.9 Å². The summed E-state index contributed by atoms with van der Waals surface area (Å²) in [6.45, 7) is 3.98. The fourth-order valence-electron chi connectivity index (χ4n) is 5.86. The molecule has 4 unspecified atom stereocenters. The first kappa shape index (κ1) is 45.5. The van der Waals surface area contributed by atoms with Crippen molar-refractivity contribution < 1.29 is 25.2 Å². The third-order valence-corrected chi connectivity index (χ3v) is 9.10. The van der Waals surface area contributed by atoms with Crippen molar-refractivity contribution in [3.05, 3.63) is 36.5 Å². The van der Waals surface area contributed by atoms with Gasteiger partial charge in [0.15, 0.2) is 0 Å². The molecule has 0 heterocycles. The molecule has 0 rings (SSSR count). The molecule has 6 nitrogen and oxygen atoms in total. The first-order valence-electron chi connectivity index (χ1n) is 19.9. The highest BCUT2D eigenvalue weighted by atomic mass is 16.3. The van der Waals surface area contributed by atoms with Gasteiger partial charge < -0.3 is 25.7 Å².